The average molecular weight is 399 g/mol. The monoisotopic (exact) mass is 399 g/mol. The van der Waals surface area contributed by atoms with Crippen molar-refractivity contribution in [1.29, 1.82) is 0 Å². The molecule has 0 saturated carbocycles. The van der Waals surface area contributed by atoms with Gasteiger partial charge in [-0.25, -0.2) is 8.78 Å². The molecule has 1 aromatic carbocycles. The van der Waals surface area contributed by atoms with Gasteiger partial charge in [0.25, 0.3) is 5.56 Å². The highest BCUT2D eigenvalue weighted by Crippen LogP contribution is 2.39. The van der Waals surface area contributed by atoms with E-state index in [9.17, 15) is 4.79 Å². The van der Waals surface area contributed by atoms with Crippen LogP contribution in [0.25, 0.3) is 32.1 Å². The number of aromatic amines is 1. The summed E-state index contributed by atoms with van der Waals surface area (Å²) in [6, 6.07) is 4.47. The molecular weight excluding hydrogens is 380 g/mol. The van der Waals surface area contributed by atoms with Gasteiger partial charge in [0.15, 0.2) is 0 Å². The van der Waals surface area contributed by atoms with Crippen LogP contribution in [0.4, 0.5) is 8.78 Å². The molecule has 4 aromatic rings. The molecule has 3 aromatic heterocycles. The summed E-state index contributed by atoms with van der Waals surface area (Å²) >= 11 is 1.30. The largest absolute Gasteiger partial charge is 0.330 e. The van der Waals surface area contributed by atoms with Crippen molar-refractivity contribution >= 4 is 32.3 Å². The number of H-pyrrole nitrogens is 1. The second-order valence-corrected chi connectivity index (χ2v) is 7.94. The van der Waals surface area contributed by atoms with Crippen molar-refractivity contribution in [1.82, 2.24) is 9.97 Å². The van der Waals surface area contributed by atoms with Gasteiger partial charge in [-0.3, -0.25) is 9.78 Å². The maximum atomic E-state index is 15.1. The molecule has 4 nitrogen and oxygen atoms in total. The Morgan fingerprint density at radius 3 is 2.50 bits per heavy atom. The Morgan fingerprint density at radius 1 is 1.18 bits per heavy atom. The van der Waals surface area contributed by atoms with E-state index in [1.807, 2.05) is 6.92 Å². The minimum atomic E-state index is -0.667. The van der Waals surface area contributed by atoms with Crippen molar-refractivity contribution in [3.05, 3.63) is 62.5 Å². The van der Waals surface area contributed by atoms with Crippen LogP contribution in [-0.4, -0.2) is 16.5 Å². The van der Waals surface area contributed by atoms with Gasteiger partial charge in [0.2, 0.25) is 0 Å². The van der Waals surface area contributed by atoms with E-state index in [4.69, 9.17) is 5.73 Å². The van der Waals surface area contributed by atoms with E-state index < -0.39 is 11.6 Å². The number of rotatable bonds is 3. The van der Waals surface area contributed by atoms with Crippen LogP contribution in [0.5, 0.6) is 0 Å². The van der Waals surface area contributed by atoms with Gasteiger partial charge in [-0.15, -0.1) is 11.3 Å². The standard InChI is InChI=1S/C21H19F2N3OS/c1-9(8-24)12-6-14(22)18(15(23)7-12)16-10(2)25-11(3)19-17(16)13-4-5-28-20(13)21(27)26-19/h4-7,9H,8,24H2,1-3H3,(H,26,27)/t9-/m0/s1. The number of nitrogens with two attached hydrogens (primary N) is 1. The number of nitrogens with one attached hydrogen (secondary N) is 1. The van der Waals surface area contributed by atoms with Crippen LogP contribution in [0.1, 0.15) is 29.8 Å². The highest BCUT2D eigenvalue weighted by atomic mass is 32.1. The van der Waals surface area contributed by atoms with Gasteiger partial charge in [-0.05, 0) is 55.5 Å². The minimum absolute atomic E-state index is 0.137. The fourth-order valence-electron chi connectivity index (χ4n) is 3.68. The Bertz CT molecular complexity index is 1270. The Balaban J connectivity index is 2.16. The molecule has 0 unspecified atom stereocenters. The summed E-state index contributed by atoms with van der Waals surface area (Å²) in [5, 5.41) is 3.08. The molecule has 1 atom stereocenters. The smallest absolute Gasteiger partial charge is 0.266 e. The van der Waals surface area contributed by atoms with E-state index in [1.165, 1.54) is 23.5 Å². The number of hydrogen-bond donors (Lipinski definition) is 2. The zero-order chi connectivity index (χ0) is 20.2. The molecular formula is C21H19F2N3OS. The first-order valence-electron chi connectivity index (χ1n) is 8.93. The number of aryl methyl sites for hydroxylation is 2. The number of halogens is 2. The van der Waals surface area contributed by atoms with E-state index in [0.29, 0.717) is 50.0 Å². The van der Waals surface area contributed by atoms with E-state index in [1.54, 1.807) is 25.3 Å². The third-order valence-corrected chi connectivity index (χ3v) is 6.09. The predicted octanol–water partition coefficient (Wildman–Crippen LogP) is 4.76. The Kier molecular flexibility index (Phi) is 4.51. The van der Waals surface area contributed by atoms with Gasteiger partial charge in [-0.2, -0.15) is 0 Å². The maximum absolute atomic E-state index is 15.1. The van der Waals surface area contributed by atoms with E-state index in [-0.39, 0.29) is 17.0 Å². The van der Waals surface area contributed by atoms with Crippen molar-refractivity contribution in [3.63, 3.8) is 0 Å². The average Bonchev–Trinajstić information content (AvgIpc) is 3.14. The molecule has 0 saturated heterocycles. The third kappa shape index (κ3) is 2.73. The molecule has 3 heterocycles. The second kappa shape index (κ2) is 6.76. The molecule has 0 radical (unpaired) electrons. The highest BCUT2D eigenvalue weighted by Gasteiger charge is 2.23. The SMILES string of the molecule is Cc1nc(C)c2[nH]c(=O)c3sccc3c2c1-c1c(F)cc([C@@H](C)CN)cc1F. The first kappa shape index (κ1) is 18.7. The highest BCUT2D eigenvalue weighted by molar-refractivity contribution is 7.17. The van der Waals surface area contributed by atoms with Crippen LogP contribution >= 0.6 is 11.3 Å². The van der Waals surface area contributed by atoms with Gasteiger partial charge in [-0.1, -0.05) is 6.92 Å². The van der Waals surface area contributed by atoms with Crippen LogP contribution < -0.4 is 11.3 Å². The first-order chi connectivity index (χ1) is 13.3. The van der Waals surface area contributed by atoms with Crippen molar-refractivity contribution in [2.24, 2.45) is 5.73 Å². The molecule has 7 heteroatoms. The molecule has 0 fully saturated rings. The number of thiophene rings is 1. The van der Waals surface area contributed by atoms with Crippen LogP contribution in [0.15, 0.2) is 28.4 Å². The second-order valence-electron chi connectivity index (χ2n) is 7.02. The van der Waals surface area contributed by atoms with Crippen LogP contribution in [0.3, 0.4) is 0 Å². The fourth-order valence-corrected chi connectivity index (χ4v) is 4.48. The third-order valence-electron chi connectivity index (χ3n) is 5.18. The number of benzene rings is 1. The molecule has 0 aliphatic rings. The lowest BCUT2D eigenvalue weighted by Gasteiger charge is -2.17. The molecule has 0 bridgehead atoms. The van der Waals surface area contributed by atoms with Crippen LogP contribution in [0, 0.1) is 25.5 Å². The van der Waals surface area contributed by atoms with Gasteiger partial charge in [0.05, 0.1) is 16.8 Å². The summed E-state index contributed by atoms with van der Waals surface area (Å²) < 4.78 is 30.8. The van der Waals surface area contributed by atoms with E-state index in [2.05, 4.69) is 9.97 Å². The first-order valence-corrected chi connectivity index (χ1v) is 9.81. The normalized spacial score (nSPS) is 12.8. The summed E-state index contributed by atoms with van der Waals surface area (Å²) in [4.78, 5) is 19.7. The zero-order valence-electron chi connectivity index (χ0n) is 15.7. The maximum Gasteiger partial charge on any atom is 0.266 e. The zero-order valence-corrected chi connectivity index (χ0v) is 16.5. The minimum Gasteiger partial charge on any atom is -0.330 e. The predicted molar refractivity (Wildman–Crippen MR) is 110 cm³/mol. The molecule has 4 rings (SSSR count). The van der Waals surface area contributed by atoms with Crippen molar-refractivity contribution < 1.29 is 8.78 Å². The molecule has 0 aliphatic carbocycles. The molecule has 0 aliphatic heterocycles. The summed E-state index contributed by atoms with van der Waals surface area (Å²) in [5.74, 6) is -1.49. The van der Waals surface area contributed by atoms with Gasteiger partial charge in [0, 0.05) is 22.0 Å². The van der Waals surface area contributed by atoms with Gasteiger partial charge >= 0.3 is 0 Å². The number of hydrogen-bond acceptors (Lipinski definition) is 4. The number of nitrogens with zero attached hydrogens (tertiary/aromatic N) is 1. The van der Waals surface area contributed by atoms with Crippen molar-refractivity contribution in [2.45, 2.75) is 26.7 Å². The quantitative estimate of drug-likeness (QED) is 0.522. The Hall–Kier alpha value is -2.64. The summed E-state index contributed by atoms with van der Waals surface area (Å²) in [7, 11) is 0. The van der Waals surface area contributed by atoms with Crippen LogP contribution in [0.2, 0.25) is 0 Å². The Morgan fingerprint density at radius 2 is 1.86 bits per heavy atom. The van der Waals surface area contributed by atoms with Crippen molar-refractivity contribution in [2.75, 3.05) is 6.54 Å². The molecule has 3 N–H and O–H groups in total. The molecule has 144 valence electrons. The fraction of sp³-hybridized carbons (Fsp3) is 0.238. The van der Waals surface area contributed by atoms with Gasteiger partial charge in [0.1, 0.15) is 16.3 Å². The Labute approximate surface area is 164 Å². The lowest BCUT2D eigenvalue weighted by Crippen LogP contribution is -2.11. The molecule has 0 amide bonds. The summed E-state index contributed by atoms with van der Waals surface area (Å²) in [6.45, 7) is 5.61. The van der Waals surface area contributed by atoms with E-state index in [0.717, 1.165) is 0 Å². The topological polar surface area (TPSA) is 71.8 Å². The molecule has 28 heavy (non-hydrogen) atoms. The lowest BCUT2D eigenvalue weighted by molar-refractivity contribution is 0.581. The summed E-state index contributed by atoms with van der Waals surface area (Å²) in [5.41, 5.74) is 7.76. The number of fused-ring (bicyclic) bond motifs is 3. The number of pyridine rings is 2. The van der Waals surface area contributed by atoms with Gasteiger partial charge < -0.3 is 10.7 Å². The van der Waals surface area contributed by atoms with E-state index >= 15 is 8.78 Å². The van der Waals surface area contributed by atoms with Crippen LogP contribution in [-0.2, 0) is 0 Å². The lowest BCUT2D eigenvalue weighted by atomic mass is 9.92. The summed E-state index contributed by atoms with van der Waals surface area (Å²) in [6.07, 6.45) is 0. The number of aromatic nitrogens is 2. The van der Waals surface area contributed by atoms with Crippen molar-refractivity contribution in [3.8, 4) is 11.1 Å². The molecule has 0 spiro atoms.